The van der Waals surface area contributed by atoms with E-state index < -0.39 is 0 Å². The van der Waals surface area contributed by atoms with Crippen LogP contribution in [-0.4, -0.2) is 27.6 Å². The topological polar surface area (TPSA) is 77.7 Å². The van der Waals surface area contributed by atoms with Gasteiger partial charge in [0.05, 0.1) is 34.4 Å². The highest BCUT2D eigenvalue weighted by Gasteiger charge is 2.25. The number of aromatic amines is 1. The Balaban J connectivity index is 1.40. The van der Waals surface area contributed by atoms with Gasteiger partial charge in [0, 0.05) is 29.9 Å². The van der Waals surface area contributed by atoms with E-state index in [1.54, 1.807) is 23.0 Å². The van der Waals surface area contributed by atoms with E-state index in [0.717, 1.165) is 47.2 Å². The number of piperidine rings is 1. The molecule has 0 bridgehead atoms. The summed E-state index contributed by atoms with van der Waals surface area (Å²) in [4.78, 5) is 23.3. The van der Waals surface area contributed by atoms with Crippen LogP contribution in [0.1, 0.15) is 24.4 Å². The maximum atomic E-state index is 13.4. The minimum absolute atomic E-state index is 0.00504. The summed E-state index contributed by atoms with van der Waals surface area (Å²) in [5, 5.41) is 11.2. The van der Waals surface area contributed by atoms with Gasteiger partial charge in [-0.25, -0.2) is 9.37 Å². The molecule has 0 spiro atoms. The van der Waals surface area contributed by atoms with Gasteiger partial charge in [-0.1, -0.05) is 12.1 Å². The van der Waals surface area contributed by atoms with Crippen LogP contribution in [0.15, 0.2) is 77.9 Å². The van der Waals surface area contributed by atoms with E-state index in [0.29, 0.717) is 23.0 Å². The SMILES string of the molecule is N#Cc1ccc(N2CCC[C@@H](n3cnc4ccccc4c3=O)C2)c2cc(-c3ccc(F)cc3)[nH]c12. The van der Waals surface area contributed by atoms with Gasteiger partial charge in [0.2, 0.25) is 0 Å². The van der Waals surface area contributed by atoms with Crippen molar-refractivity contribution < 1.29 is 4.39 Å². The standard InChI is InChI=1S/C28H22FN5O/c29-20-10-7-18(8-11-20)25-14-23-26(12-9-19(15-30)27(23)32-25)33-13-3-4-21(16-33)34-17-31-24-6-2-1-5-22(24)28(34)35/h1-2,5-12,14,17,21,32H,3-4,13,16H2/t21-/m1/s1. The predicted molar refractivity (Wildman–Crippen MR) is 135 cm³/mol. The maximum Gasteiger partial charge on any atom is 0.261 e. The molecule has 3 aromatic carbocycles. The van der Waals surface area contributed by atoms with E-state index in [2.05, 4.69) is 20.9 Å². The fraction of sp³-hybridized carbons (Fsp3) is 0.179. The molecule has 1 aliphatic heterocycles. The number of nitrogens with zero attached hydrogens (tertiary/aromatic N) is 4. The van der Waals surface area contributed by atoms with Crippen molar-refractivity contribution in [3.63, 3.8) is 0 Å². The van der Waals surface area contributed by atoms with Crippen molar-refractivity contribution in [3.8, 4) is 17.3 Å². The van der Waals surface area contributed by atoms with Crippen molar-refractivity contribution in [2.75, 3.05) is 18.0 Å². The molecule has 0 saturated carbocycles. The number of fused-ring (bicyclic) bond motifs is 2. The Bertz CT molecular complexity index is 1660. The number of nitriles is 1. The van der Waals surface area contributed by atoms with E-state index in [-0.39, 0.29) is 17.4 Å². The van der Waals surface area contributed by atoms with E-state index in [9.17, 15) is 14.4 Å². The van der Waals surface area contributed by atoms with Gasteiger partial charge in [0.1, 0.15) is 11.9 Å². The lowest BCUT2D eigenvalue weighted by atomic mass is 10.0. The first-order valence-corrected chi connectivity index (χ1v) is 11.6. The van der Waals surface area contributed by atoms with Gasteiger partial charge < -0.3 is 9.88 Å². The van der Waals surface area contributed by atoms with E-state index >= 15 is 0 Å². The molecule has 1 aliphatic rings. The van der Waals surface area contributed by atoms with Crippen LogP contribution in [0, 0.1) is 17.1 Å². The number of hydrogen-bond acceptors (Lipinski definition) is 4. The normalized spacial score (nSPS) is 16.0. The van der Waals surface area contributed by atoms with Crippen LogP contribution in [0.5, 0.6) is 0 Å². The zero-order valence-corrected chi connectivity index (χ0v) is 18.9. The maximum absolute atomic E-state index is 13.4. The molecule has 172 valence electrons. The Morgan fingerprint density at radius 3 is 2.71 bits per heavy atom. The number of H-pyrrole nitrogens is 1. The minimum atomic E-state index is -0.291. The molecule has 0 amide bonds. The summed E-state index contributed by atoms with van der Waals surface area (Å²) in [5.74, 6) is -0.291. The molecule has 1 saturated heterocycles. The molecular formula is C28H22FN5O. The number of benzene rings is 3. The zero-order valence-electron chi connectivity index (χ0n) is 18.9. The lowest BCUT2D eigenvalue weighted by Gasteiger charge is -2.35. The monoisotopic (exact) mass is 463 g/mol. The number of anilines is 1. The van der Waals surface area contributed by atoms with Gasteiger partial charge >= 0.3 is 0 Å². The number of nitrogens with one attached hydrogen (secondary N) is 1. The molecule has 7 heteroatoms. The summed E-state index contributed by atoms with van der Waals surface area (Å²) in [7, 11) is 0. The number of aromatic nitrogens is 3. The smallest absolute Gasteiger partial charge is 0.261 e. The van der Waals surface area contributed by atoms with E-state index in [4.69, 9.17) is 0 Å². The number of hydrogen-bond donors (Lipinski definition) is 1. The minimum Gasteiger partial charge on any atom is -0.369 e. The summed E-state index contributed by atoms with van der Waals surface area (Å²) >= 11 is 0. The van der Waals surface area contributed by atoms with Crippen molar-refractivity contribution in [1.29, 1.82) is 5.26 Å². The fourth-order valence-corrected chi connectivity index (χ4v) is 5.10. The Morgan fingerprint density at radius 2 is 1.89 bits per heavy atom. The molecule has 5 aromatic rings. The average Bonchev–Trinajstić information content (AvgIpc) is 3.34. The van der Waals surface area contributed by atoms with Gasteiger partial charge in [-0.3, -0.25) is 9.36 Å². The highest BCUT2D eigenvalue weighted by Crippen LogP contribution is 2.36. The third-order valence-corrected chi connectivity index (χ3v) is 6.87. The molecule has 6 nitrogen and oxygen atoms in total. The Labute approximate surface area is 200 Å². The number of rotatable bonds is 3. The third kappa shape index (κ3) is 3.64. The van der Waals surface area contributed by atoms with Gasteiger partial charge in [-0.2, -0.15) is 5.26 Å². The highest BCUT2D eigenvalue weighted by atomic mass is 19.1. The molecule has 6 rings (SSSR count). The summed E-state index contributed by atoms with van der Waals surface area (Å²) in [6, 6.07) is 21.8. The summed E-state index contributed by atoms with van der Waals surface area (Å²) in [6.07, 6.45) is 3.49. The van der Waals surface area contributed by atoms with Gasteiger partial charge in [-0.15, -0.1) is 0 Å². The molecule has 35 heavy (non-hydrogen) atoms. The first kappa shape index (κ1) is 21.1. The van der Waals surface area contributed by atoms with Crippen molar-refractivity contribution >= 4 is 27.5 Å². The second-order valence-electron chi connectivity index (χ2n) is 8.94. The van der Waals surface area contributed by atoms with Crippen molar-refractivity contribution in [2.24, 2.45) is 0 Å². The molecule has 0 unspecified atom stereocenters. The predicted octanol–water partition coefficient (Wildman–Crippen LogP) is 5.40. The van der Waals surface area contributed by atoms with Crippen LogP contribution in [0.4, 0.5) is 10.1 Å². The largest absolute Gasteiger partial charge is 0.369 e. The van der Waals surface area contributed by atoms with E-state index in [1.165, 1.54) is 12.1 Å². The summed E-state index contributed by atoms with van der Waals surface area (Å²) < 4.78 is 15.2. The van der Waals surface area contributed by atoms with Crippen LogP contribution in [0.25, 0.3) is 33.1 Å². The highest BCUT2D eigenvalue weighted by molar-refractivity contribution is 5.99. The first-order chi connectivity index (χ1) is 17.1. The molecular weight excluding hydrogens is 441 g/mol. The van der Waals surface area contributed by atoms with E-state index in [1.807, 2.05) is 42.5 Å². The third-order valence-electron chi connectivity index (χ3n) is 6.87. The first-order valence-electron chi connectivity index (χ1n) is 11.6. The Kier molecular flexibility index (Phi) is 5.07. The number of halogens is 1. The second-order valence-corrected chi connectivity index (χ2v) is 8.94. The van der Waals surface area contributed by atoms with Crippen LogP contribution in [-0.2, 0) is 0 Å². The zero-order chi connectivity index (χ0) is 23.9. The summed E-state index contributed by atoms with van der Waals surface area (Å²) in [5.41, 5.74) is 4.69. The van der Waals surface area contributed by atoms with Crippen molar-refractivity contribution in [2.45, 2.75) is 18.9 Å². The molecule has 3 heterocycles. The molecule has 1 N–H and O–H groups in total. The van der Waals surface area contributed by atoms with Crippen molar-refractivity contribution in [1.82, 2.24) is 14.5 Å². The average molecular weight is 464 g/mol. The van der Waals surface area contributed by atoms with Gasteiger partial charge in [0.25, 0.3) is 5.56 Å². The van der Waals surface area contributed by atoms with Crippen LogP contribution < -0.4 is 10.5 Å². The van der Waals surface area contributed by atoms with Crippen LogP contribution >= 0.6 is 0 Å². The molecule has 0 radical (unpaired) electrons. The van der Waals surface area contributed by atoms with Gasteiger partial charge in [0.15, 0.2) is 0 Å². The lowest BCUT2D eigenvalue weighted by Crippen LogP contribution is -2.40. The molecule has 0 aliphatic carbocycles. The molecule has 1 fully saturated rings. The fourth-order valence-electron chi connectivity index (χ4n) is 5.10. The summed E-state index contributed by atoms with van der Waals surface area (Å²) in [6.45, 7) is 1.52. The Morgan fingerprint density at radius 1 is 1.06 bits per heavy atom. The van der Waals surface area contributed by atoms with Crippen LogP contribution in [0.3, 0.4) is 0 Å². The van der Waals surface area contributed by atoms with Crippen molar-refractivity contribution in [3.05, 3.63) is 94.8 Å². The quantitative estimate of drug-likeness (QED) is 0.389. The lowest BCUT2D eigenvalue weighted by molar-refractivity contribution is 0.395. The number of para-hydroxylation sites is 1. The second kappa shape index (κ2) is 8.41. The molecule has 1 atom stereocenters. The molecule has 2 aromatic heterocycles. The van der Waals surface area contributed by atoms with Crippen LogP contribution in [0.2, 0.25) is 0 Å². The Hall–Kier alpha value is -4.44. The van der Waals surface area contributed by atoms with Gasteiger partial charge in [-0.05, 0) is 73.0 Å².